The van der Waals surface area contributed by atoms with Gasteiger partial charge in [-0.3, -0.25) is 9.59 Å². The first-order valence-corrected chi connectivity index (χ1v) is 62.2. The number of hydrogen-bond donors (Lipinski definition) is 5. The lowest BCUT2D eigenvalue weighted by atomic mass is 9.48. The number of carbonyl (C=O) groups is 2. The zero-order valence-electron chi connectivity index (χ0n) is 89.9. The van der Waals surface area contributed by atoms with E-state index in [9.17, 15) is 48.3 Å². The number of halogens is 4. The molecule has 0 spiro atoms. The number of ether oxygens (including phenoxy) is 1. The van der Waals surface area contributed by atoms with Crippen molar-refractivity contribution in [3.63, 3.8) is 0 Å². The van der Waals surface area contributed by atoms with E-state index in [1.807, 2.05) is 56.3 Å². The van der Waals surface area contributed by atoms with Crippen LogP contribution in [0.15, 0.2) is 92.6 Å². The summed E-state index contributed by atoms with van der Waals surface area (Å²) < 4.78 is 51.9. The smallest absolute Gasteiger partial charge is 0.266 e. The van der Waals surface area contributed by atoms with Crippen LogP contribution in [0, 0.1) is 234 Å². The van der Waals surface area contributed by atoms with Gasteiger partial charge in [-0.1, -0.05) is 88.8 Å². The van der Waals surface area contributed by atoms with Gasteiger partial charge in [0.15, 0.2) is 0 Å². The van der Waals surface area contributed by atoms with Crippen molar-refractivity contribution in [3.8, 4) is 23.1 Å². The molecule has 21 aliphatic rings. The fourth-order valence-electron chi connectivity index (χ4n) is 41.8. The van der Waals surface area contributed by atoms with Gasteiger partial charge in [0.1, 0.15) is 35.0 Å². The van der Waals surface area contributed by atoms with Gasteiger partial charge in [0.2, 0.25) is 0 Å². The van der Waals surface area contributed by atoms with E-state index in [1.54, 1.807) is 30.6 Å². The molecule has 20 heteroatoms. The van der Waals surface area contributed by atoms with Crippen molar-refractivity contribution in [2.45, 2.75) is 390 Å². The van der Waals surface area contributed by atoms with Gasteiger partial charge in [-0.25, -0.2) is 28.1 Å². The van der Waals surface area contributed by atoms with E-state index in [2.05, 4.69) is 119 Å². The molecule has 0 bridgehead atoms. The minimum absolute atomic E-state index is 0.152. The number of hydrogen-bond acceptors (Lipinski definition) is 13. The molecule has 0 radical (unpaired) electrons. The maximum Gasteiger partial charge on any atom is 0.266 e. The maximum absolute atomic E-state index is 13.4. The number of thioether (sulfide) groups is 2. The summed E-state index contributed by atoms with van der Waals surface area (Å²) in [6, 6.07) is 0. The first-order chi connectivity index (χ1) is 69.5. The molecule has 14 nitrogen and oxygen atoms in total. The number of imidazole rings is 3. The Bertz CT molecular complexity index is 5110. The number of ketones is 2. The van der Waals surface area contributed by atoms with Crippen molar-refractivity contribution in [2.24, 2.45) is 211 Å². The van der Waals surface area contributed by atoms with E-state index in [0.29, 0.717) is 136 Å². The second-order valence-corrected chi connectivity index (χ2v) is 56.9. The van der Waals surface area contributed by atoms with E-state index in [1.165, 1.54) is 197 Å². The molecule has 145 heavy (non-hydrogen) atoms. The van der Waals surface area contributed by atoms with E-state index in [-0.39, 0.29) is 35.5 Å². The van der Waals surface area contributed by atoms with Gasteiger partial charge < -0.3 is 44.0 Å². The molecule has 3 aromatic rings. The highest BCUT2D eigenvalue weighted by Crippen LogP contribution is 2.73. The van der Waals surface area contributed by atoms with Gasteiger partial charge in [-0.15, -0.1) is 0 Å². The topological polar surface area (TPSA) is 198 Å². The fraction of sp³-hybridized carbons (Fsp3) is 0.832. The minimum Gasteiger partial charge on any atom is -0.387 e. The molecule has 0 aliphatic heterocycles. The molecular formula is C125H184ClF3N6O8S2. The SMILES string of the molecule is C=C(Cn1ccnc1)[C@H]1CC[C@H]2[C@@H]3CC[C@H]4C[C@@](O)(C#CC5CC5)CC[C@@H]4[C@H]3CC[C@]12C.C=C(Cn1ccnc1)[C@H]1CC[C@H]2[C@@H]3CC[C@H]4C[C@@](O)(CF)CC[C@@H]4[C@H]3CC[C@]12C.C=C(Cn1ccnc1)[C@H]1CC[C@H]2[C@@H]3CC[C@H]4C[C@@](O)(COC)CC[C@@H]4[C@H]3CC[C@]12C.CSCC(=O)[C@H]1CC[C@H]2[C@@H]3CC[C@H]4C[C@@](O)(C#CCl)CC[C@@H]4[C@H]3CC[C@]12C.CSCC(=O)[C@H]1CC[C@H]2[C@@H]3CC[C@H]4C[C@@](O)(C(F)F)CC[C@@H]4[C@H]3CC[C@]12C. The Hall–Kier alpha value is -4.15. The summed E-state index contributed by atoms with van der Waals surface area (Å²) in [6.45, 7) is 28.9. The highest BCUT2D eigenvalue weighted by Gasteiger charge is 2.66. The normalized spacial score (nSPS) is 46.9. The van der Waals surface area contributed by atoms with Crippen LogP contribution in [-0.4, -0.2) is 145 Å². The van der Waals surface area contributed by atoms with Crippen LogP contribution in [0.2, 0.25) is 0 Å². The van der Waals surface area contributed by atoms with Crippen LogP contribution in [0.5, 0.6) is 0 Å². The van der Waals surface area contributed by atoms with Crippen LogP contribution in [0.3, 0.4) is 0 Å². The fourth-order valence-corrected chi connectivity index (χ4v) is 43.0. The number of methoxy groups -OCH3 is 1. The van der Waals surface area contributed by atoms with Crippen molar-refractivity contribution < 1.29 is 53.0 Å². The number of Topliss-reactive ketones (excluding diaryl/α,β-unsaturated/α-hetero) is 2. The molecule has 5 N–H and O–H groups in total. The number of alkyl halides is 3. The van der Waals surface area contributed by atoms with Crippen LogP contribution in [0.1, 0.15) is 336 Å². The van der Waals surface area contributed by atoms with Crippen molar-refractivity contribution >= 4 is 46.7 Å². The van der Waals surface area contributed by atoms with Crippen LogP contribution >= 0.6 is 35.1 Å². The van der Waals surface area contributed by atoms with E-state index in [0.717, 1.165) is 211 Å². The Morgan fingerprint density at radius 1 is 0.386 bits per heavy atom. The summed E-state index contributed by atoms with van der Waals surface area (Å²) in [5.74, 6) is 33.3. The van der Waals surface area contributed by atoms with Crippen molar-refractivity contribution in [2.75, 3.05) is 44.4 Å². The second kappa shape index (κ2) is 43.5. The molecule has 40 atom stereocenters. The Morgan fingerprint density at radius 3 is 1.01 bits per heavy atom. The number of nitrogens with zero attached hydrogens (tertiary/aromatic N) is 6. The maximum atomic E-state index is 13.4. The molecule has 0 amide bonds. The average molecular weight is 2060 g/mol. The number of allylic oxidation sites excluding steroid dienone is 3. The van der Waals surface area contributed by atoms with E-state index < -0.39 is 41.1 Å². The van der Waals surface area contributed by atoms with Gasteiger partial charge >= 0.3 is 0 Å². The lowest BCUT2D eigenvalue weighted by molar-refractivity contribution is -0.160. The third-order valence-corrected chi connectivity index (χ3v) is 49.6. The first kappa shape index (κ1) is 108. The molecule has 21 fully saturated rings. The molecule has 24 rings (SSSR count). The highest BCUT2D eigenvalue weighted by molar-refractivity contribution is 7.99. The summed E-state index contributed by atoms with van der Waals surface area (Å²) in [4.78, 5) is 38.1. The summed E-state index contributed by atoms with van der Waals surface area (Å²) in [6.07, 6.45) is 71.9. The van der Waals surface area contributed by atoms with E-state index in [4.69, 9.17) is 16.3 Å². The molecule has 21 aliphatic carbocycles. The van der Waals surface area contributed by atoms with Crippen LogP contribution in [0.25, 0.3) is 0 Å². The summed E-state index contributed by atoms with van der Waals surface area (Å²) in [7, 11) is 1.72. The quantitative estimate of drug-likeness (QED) is 0.0562. The third-order valence-electron chi connectivity index (χ3n) is 48.4. The zero-order chi connectivity index (χ0) is 102. The first-order valence-electron chi connectivity index (χ1n) is 59.1. The Kier molecular flexibility index (Phi) is 32.4. The predicted octanol–water partition coefficient (Wildman–Crippen LogP) is 26.6. The monoisotopic (exact) mass is 2050 g/mol. The number of fused-ring (bicyclic) bond motifs is 25. The van der Waals surface area contributed by atoms with Crippen LogP contribution in [0.4, 0.5) is 13.2 Å². The largest absolute Gasteiger partial charge is 0.387 e. The summed E-state index contributed by atoms with van der Waals surface area (Å²) >= 11 is 8.92. The molecule has 3 heterocycles. The number of aliphatic hydroxyl groups is 5. The number of rotatable bonds is 19. The Balaban J connectivity index is 0.000000111. The molecule has 802 valence electrons. The predicted molar refractivity (Wildman–Crippen MR) is 577 cm³/mol. The van der Waals surface area contributed by atoms with Crippen LogP contribution < -0.4 is 0 Å². The van der Waals surface area contributed by atoms with Gasteiger partial charge in [-0.2, -0.15) is 23.5 Å². The number of aromatic nitrogens is 6. The standard InChI is InChI=1S/C29H40N2O.C26H40N2O2.C25H37FN2O.C23H33ClO2S.C22H34F2O2S/c1-20(18-31-16-15-30-19-31)26-7-8-27-25-6-5-22-17-29(32,13-9-21-3-4-21)14-11-23(22)24(25)10-12-28(26,27)2;1-18(15-28-13-12-27-17-28)23-6-7-24-22-5-4-19-14-26(29,16-30-3)11-9-20(19)21(22)8-10-25(23,24)2;1-17(14-28-12-11-27-16-28)22-5-6-23-21-4-3-18-13-25(29,15-26)10-8-19(18)20(21)7-9-24(22,23)2;1-22-9-7-17-16-8-10-23(26,11-12-24)13-15(16)3-4-18(17)19(22)5-6-20(22)21(25)14-27-2;1-21-9-7-15-14-8-10-22(26,20(23)24)11-13(14)3-4-16(15)17(21)5-6-18(21)19(25)12-27-2/h15-16,19,21-27,32H,1,3-8,10-12,14,17-18H2,2H3;12-13,17,19-24,29H,1,4-11,14-16H2,2-3H3;11-12,16,18-23,29H,1,3-10,13-15H2,2H3;15-20,26H,3-10,13-14H2,1-2H3;13-18,20,26H,3-12H2,1-2H3/t22-,23-,24+,25+,26+,27-,28+,29+;19-,20-,21+,22+,23+,24-,25+,26+;18-,19-,20+,21+,22+,23-,24+,25+;15-,16-,17+,18+,19-,20+,22-,23-;13-,14-,15+,16+,17-,18+,21-,22+/m00000/s1. The van der Waals surface area contributed by atoms with Gasteiger partial charge in [0.05, 0.1) is 48.3 Å². The molecule has 0 aromatic carbocycles. The van der Waals surface area contributed by atoms with Crippen molar-refractivity contribution in [1.29, 1.82) is 0 Å². The summed E-state index contributed by atoms with van der Waals surface area (Å²) in [5, 5.41) is 56.2. The van der Waals surface area contributed by atoms with Gasteiger partial charge in [-0.05, 0) is 519 Å². The van der Waals surface area contributed by atoms with Gasteiger partial charge in [0, 0.05) is 87.1 Å². The number of carbonyl (C=O) groups excluding carboxylic acids is 2. The molecule has 0 saturated heterocycles. The van der Waals surface area contributed by atoms with Crippen molar-refractivity contribution in [3.05, 3.63) is 92.6 Å². The van der Waals surface area contributed by atoms with Crippen molar-refractivity contribution in [1.82, 2.24) is 28.7 Å². The Labute approximate surface area is 883 Å². The molecule has 0 unspecified atom stereocenters. The second-order valence-electron chi connectivity index (χ2n) is 55.0. The Morgan fingerprint density at radius 2 is 0.690 bits per heavy atom. The third kappa shape index (κ3) is 21.0. The lowest BCUT2D eigenvalue weighted by Gasteiger charge is -2.57. The minimum atomic E-state index is -2.62. The molecular weight excluding hydrogens is 1870 g/mol. The summed E-state index contributed by atoms with van der Waals surface area (Å²) in [5.41, 5.74) is 0.935. The van der Waals surface area contributed by atoms with E-state index >= 15 is 0 Å². The van der Waals surface area contributed by atoms with Crippen LogP contribution in [-0.2, 0) is 34.0 Å². The lowest BCUT2D eigenvalue weighted by Crippen LogP contribution is -2.53. The van der Waals surface area contributed by atoms with Gasteiger partial charge in [0.25, 0.3) is 6.43 Å². The highest BCUT2D eigenvalue weighted by atomic mass is 35.5. The average Bonchev–Trinajstić information content (AvgIpc) is 1.61. The zero-order valence-corrected chi connectivity index (χ0v) is 92.3. The molecule has 21 saturated carbocycles. The molecule has 3 aromatic heterocycles.